The number of aliphatic hydroxyl groups excluding tert-OH is 1. The Morgan fingerprint density at radius 2 is 1.33 bits per heavy atom. The molecule has 26 heteroatoms. The van der Waals surface area contributed by atoms with E-state index in [1.54, 1.807) is 30.5 Å². The molecule has 1 aromatic heterocycles. The second kappa shape index (κ2) is 25.8. The number of piperazine rings is 1. The highest BCUT2D eigenvalue weighted by atomic mass is 19.4. The number of amides is 4. The van der Waals surface area contributed by atoms with Crippen LogP contribution in [0.2, 0.25) is 0 Å². The number of allylic oxidation sites excluding steroid dienone is 1. The summed E-state index contributed by atoms with van der Waals surface area (Å²) in [7, 11) is 1.72. The topological polar surface area (TPSA) is 225 Å². The molecule has 6 rings (SSSR count). The Hall–Kier alpha value is -7.08. The Morgan fingerprint density at radius 3 is 1.81 bits per heavy atom. The van der Waals surface area contributed by atoms with Gasteiger partial charge in [0.05, 0.1) is 56.5 Å². The molecule has 0 saturated carbocycles. The first kappa shape index (κ1) is 61.1. The average Bonchev–Trinajstić information content (AvgIpc) is 3.74. The number of alkyl carbamates (subject to hydrolysis) is 2. The Labute approximate surface area is 451 Å². The van der Waals surface area contributed by atoms with Crippen molar-refractivity contribution in [2.75, 3.05) is 52.0 Å². The number of ether oxygens (including phenoxy) is 3. The van der Waals surface area contributed by atoms with Crippen molar-refractivity contribution in [2.45, 2.75) is 115 Å². The Morgan fingerprint density at radius 1 is 0.797 bits per heavy atom. The number of nitrogens with zero attached hydrogens (tertiary/aromatic N) is 5. The fourth-order valence-electron chi connectivity index (χ4n) is 9.36. The molecule has 3 aromatic rings. The largest absolute Gasteiger partial charge is 0.453 e. The highest BCUT2D eigenvalue weighted by molar-refractivity contribution is 6.09. The number of aliphatic hydroxyl groups is 1. The van der Waals surface area contributed by atoms with E-state index >= 15 is 0 Å². The molecule has 79 heavy (non-hydrogen) atoms. The van der Waals surface area contributed by atoms with Crippen molar-refractivity contribution in [1.82, 2.24) is 36.3 Å². The van der Waals surface area contributed by atoms with Gasteiger partial charge in [0.25, 0.3) is 5.91 Å². The number of pyridine rings is 1. The van der Waals surface area contributed by atoms with Gasteiger partial charge in [0.1, 0.15) is 17.9 Å². The van der Waals surface area contributed by atoms with E-state index in [0.29, 0.717) is 62.5 Å². The van der Waals surface area contributed by atoms with E-state index in [1.165, 1.54) is 24.3 Å². The maximum Gasteiger partial charge on any atom is 0.407 e. The van der Waals surface area contributed by atoms with Gasteiger partial charge in [-0.15, -0.1) is 0 Å². The summed E-state index contributed by atoms with van der Waals surface area (Å²) < 4.78 is 127. The van der Waals surface area contributed by atoms with Gasteiger partial charge in [-0.25, -0.2) is 24.6 Å². The number of aliphatic imine (C=N–C) groups is 1. The van der Waals surface area contributed by atoms with E-state index in [-0.39, 0.29) is 23.1 Å². The number of hydrazine groups is 1. The average molecular weight is 1120 g/mol. The van der Waals surface area contributed by atoms with Crippen LogP contribution in [0.5, 0.6) is 0 Å². The van der Waals surface area contributed by atoms with Gasteiger partial charge in [-0.05, 0) is 87.9 Å². The maximum atomic E-state index is 14.6. The van der Waals surface area contributed by atoms with E-state index in [9.17, 15) is 59.4 Å². The van der Waals surface area contributed by atoms with Crippen LogP contribution < -0.4 is 32.0 Å². The van der Waals surface area contributed by atoms with Crippen LogP contribution in [0.3, 0.4) is 0 Å². The van der Waals surface area contributed by atoms with Crippen LogP contribution in [0.15, 0.2) is 78.1 Å². The third-order valence-corrected chi connectivity index (χ3v) is 14.4. The molecule has 3 aliphatic heterocycles. The second-order valence-electron chi connectivity index (χ2n) is 20.5. The number of aromatic nitrogens is 1. The van der Waals surface area contributed by atoms with Gasteiger partial charge in [-0.3, -0.25) is 19.9 Å². The summed E-state index contributed by atoms with van der Waals surface area (Å²) in [5, 5.41) is 19.3. The number of fused-ring (bicyclic) bond motifs is 2. The quantitative estimate of drug-likeness (QED) is 0.0264. The number of carbonyl (C=O) groups excluding carboxylic acids is 4. The predicted molar refractivity (Wildman–Crippen MR) is 274 cm³/mol. The SMILES string of the molecule is COC(=O)N[C@H](C(=O)N[C@@H](Cc1ccc(C#Cc2ccc(N3CC4CCC(C3)N4C3COC3)nc2)cc1)[C@@H](O)CN(Cc1ccc(C(=C/N)/C=N/C(F)F)cc1)NC(=O)[C@@H](NC(=O)OC)C(C)(C)C(F)(F)F)C(C)(C)C(F)(F)F. The molecule has 0 radical (unpaired) electrons. The molecule has 2 unspecified atom stereocenters. The lowest BCUT2D eigenvalue weighted by Gasteiger charge is -2.47. The molecule has 7 N–H and O–H groups in total. The fourth-order valence-corrected chi connectivity index (χ4v) is 9.36. The lowest BCUT2D eigenvalue weighted by molar-refractivity contribution is -0.221. The predicted octanol–water partition coefficient (Wildman–Crippen LogP) is 5.67. The van der Waals surface area contributed by atoms with Gasteiger partial charge in [0.15, 0.2) is 0 Å². The molecule has 2 bridgehead atoms. The van der Waals surface area contributed by atoms with Crippen molar-refractivity contribution >= 4 is 41.6 Å². The van der Waals surface area contributed by atoms with E-state index in [4.69, 9.17) is 15.5 Å². The highest BCUT2D eigenvalue weighted by Gasteiger charge is 2.57. The number of hydrogen-bond acceptors (Lipinski definition) is 14. The summed E-state index contributed by atoms with van der Waals surface area (Å²) in [5.74, 6) is 4.08. The number of nitrogens with two attached hydrogens (primary N) is 1. The smallest absolute Gasteiger partial charge is 0.407 e. The summed E-state index contributed by atoms with van der Waals surface area (Å²) in [4.78, 5) is 65.5. The summed E-state index contributed by atoms with van der Waals surface area (Å²) in [6.07, 6.45) is -9.52. The molecule has 430 valence electrons. The number of nitrogens with one attached hydrogen (secondary N) is 4. The molecule has 4 heterocycles. The first-order valence-electron chi connectivity index (χ1n) is 25.0. The molecule has 18 nitrogen and oxygen atoms in total. The zero-order chi connectivity index (χ0) is 58.0. The van der Waals surface area contributed by atoms with Gasteiger partial charge >= 0.3 is 31.1 Å². The van der Waals surface area contributed by atoms with Crippen LogP contribution in [-0.2, 0) is 36.8 Å². The Kier molecular flexibility index (Phi) is 20.0. The second-order valence-corrected chi connectivity index (χ2v) is 20.5. The number of carbonyl (C=O) groups is 4. The third kappa shape index (κ3) is 15.4. The molecule has 0 aliphatic carbocycles. The van der Waals surface area contributed by atoms with Crippen molar-refractivity contribution in [3.8, 4) is 11.8 Å². The fraction of sp³-hybridized carbons (Fsp3) is 0.509. The van der Waals surface area contributed by atoms with Crippen molar-refractivity contribution in [1.29, 1.82) is 0 Å². The standard InChI is InChI=1S/C53H64F8N10O8/c1-50(2,52(56,57)58)43(66-48(75)77-5)45(73)65-40(21-32-10-7-31(8-11-32)9-12-33-15-20-42(63-23-33)69-26-37-18-19-38(27-69)71(37)39-29-79-30-39)41(72)28-70(25-34-13-16-35(17-14-34)36(22-62)24-64-47(54)55)68-46(74)44(67-49(76)78-6)51(3,4)53(59,60)61/h7-8,10-11,13-17,20,22-24,37-41,43-44,47,72H,18-19,21,25-30,62H2,1-6H3,(H,65,73)(H,66,75)(H,67,76)(H,68,74)/b36-22+,64-24+/t37?,38?,40-,41-,43+,44+/m0/s1. The Balaban J connectivity index is 1.29. The number of benzene rings is 2. The maximum absolute atomic E-state index is 14.6. The minimum atomic E-state index is -5.11. The van der Waals surface area contributed by atoms with Crippen LogP contribution in [0, 0.1) is 22.7 Å². The summed E-state index contributed by atoms with van der Waals surface area (Å²) in [6, 6.07) is 10.8. The van der Waals surface area contributed by atoms with Gasteiger partial charge in [-0.1, -0.05) is 48.2 Å². The van der Waals surface area contributed by atoms with Gasteiger partial charge in [0.2, 0.25) is 5.91 Å². The van der Waals surface area contributed by atoms with E-state index < -0.39 is 91.1 Å². The summed E-state index contributed by atoms with van der Waals surface area (Å²) in [6.45, 7) is 1.55. The zero-order valence-corrected chi connectivity index (χ0v) is 44.1. The number of methoxy groups -OCH3 is 2. The van der Waals surface area contributed by atoms with Gasteiger partial charge in [0, 0.05) is 73.6 Å². The van der Waals surface area contributed by atoms with Crippen LogP contribution in [0.4, 0.5) is 50.5 Å². The number of alkyl halides is 8. The van der Waals surface area contributed by atoms with E-state index in [2.05, 4.69) is 46.8 Å². The number of rotatable bonds is 20. The van der Waals surface area contributed by atoms with Crippen molar-refractivity contribution in [3.63, 3.8) is 0 Å². The van der Waals surface area contributed by atoms with Crippen molar-refractivity contribution < 1.29 is 73.6 Å². The first-order valence-corrected chi connectivity index (χ1v) is 25.0. The molecular weight excluding hydrogens is 1060 g/mol. The third-order valence-electron chi connectivity index (χ3n) is 14.4. The first-order chi connectivity index (χ1) is 37.1. The minimum absolute atomic E-state index is 0.0693. The van der Waals surface area contributed by atoms with Gasteiger partial charge < -0.3 is 45.9 Å². The Bertz CT molecular complexity index is 2700. The molecule has 2 aromatic carbocycles. The van der Waals surface area contributed by atoms with Crippen LogP contribution >= 0.6 is 0 Å². The van der Waals surface area contributed by atoms with Crippen LogP contribution in [0.25, 0.3) is 5.57 Å². The molecule has 3 saturated heterocycles. The lowest BCUT2D eigenvalue weighted by atomic mass is 9.82. The van der Waals surface area contributed by atoms with E-state index in [1.807, 2.05) is 22.8 Å². The van der Waals surface area contributed by atoms with Crippen molar-refractivity contribution in [3.05, 3.63) is 101 Å². The lowest BCUT2D eigenvalue weighted by Crippen LogP contribution is -2.63. The molecule has 0 spiro atoms. The van der Waals surface area contributed by atoms with E-state index in [0.717, 1.165) is 76.6 Å². The molecule has 3 aliphatic rings. The van der Waals surface area contributed by atoms with Gasteiger partial charge in [-0.2, -0.15) is 35.1 Å². The molecule has 6 atom stereocenters. The number of halogens is 8. The highest BCUT2D eigenvalue weighted by Crippen LogP contribution is 2.42. The number of anilines is 1. The monoisotopic (exact) mass is 1120 g/mol. The molecule has 4 amide bonds. The normalized spacial score (nSPS) is 18.9. The summed E-state index contributed by atoms with van der Waals surface area (Å²) >= 11 is 0. The number of hydrogen-bond donors (Lipinski definition) is 6. The van der Waals surface area contributed by atoms with Crippen LogP contribution in [0.1, 0.15) is 68.4 Å². The molecule has 3 fully saturated rings. The zero-order valence-electron chi connectivity index (χ0n) is 44.1. The minimum Gasteiger partial charge on any atom is -0.453 e. The van der Waals surface area contributed by atoms with Crippen LogP contribution in [-0.4, -0.2) is 159 Å². The molecular formula is C53H64F8N10O8. The van der Waals surface area contributed by atoms with Crippen molar-refractivity contribution in [2.24, 2.45) is 21.6 Å². The summed E-state index contributed by atoms with van der Waals surface area (Å²) in [5.41, 5.74) is 4.15.